The van der Waals surface area contributed by atoms with E-state index < -0.39 is 0 Å². The molecule has 0 aliphatic heterocycles. The Labute approximate surface area is 133 Å². The lowest BCUT2D eigenvalue weighted by molar-refractivity contribution is -0.140. The van der Waals surface area contributed by atoms with E-state index in [0.29, 0.717) is 13.0 Å². The van der Waals surface area contributed by atoms with Crippen molar-refractivity contribution in [3.8, 4) is 0 Å². The Bertz CT molecular complexity index is 500. The van der Waals surface area contributed by atoms with Crippen molar-refractivity contribution in [3.63, 3.8) is 0 Å². The topological polar surface area (TPSA) is 55.4 Å². The van der Waals surface area contributed by atoms with Crippen LogP contribution in [0.15, 0.2) is 34.8 Å². The lowest BCUT2D eigenvalue weighted by Crippen LogP contribution is -2.22. The summed E-state index contributed by atoms with van der Waals surface area (Å²) in [5.74, 6) is -0.293. The number of esters is 1. The summed E-state index contributed by atoms with van der Waals surface area (Å²) in [6, 6.07) is 7.73. The van der Waals surface area contributed by atoms with E-state index in [0.717, 1.165) is 29.3 Å². The summed E-state index contributed by atoms with van der Waals surface area (Å²) in [6.45, 7) is 0.614. The average Bonchev–Trinajstić information content (AvgIpc) is 2.48. The van der Waals surface area contributed by atoms with Crippen LogP contribution >= 0.6 is 15.9 Å². The summed E-state index contributed by atoms with van der Waals surface area (Å²) in [4.78, 5) is 22.5. The molecule has 0 aliphatic rings. The Hall–Kier alpha value is -1.62. The van der Waals surface area contributed by atoms with Gasteiger partial charge in [0.2, 0.25) is 5.91 Å². The predicted octanol–water partition coefficient (Wildman–Crippen LogP) is 3.31. The maximum atomic E-state index is 11.6. The van der Waals surface area contributed by atoms with E-state index in [4.69, 9.17) is 0 Å². The highest BCUT2D eigenvalue weighted by Crippen LogP contribution is 2.12. The van der Waals surface area contributed by atoms with Crippen molar-refractivity contribution in [2.24, 2.45) is 0 Å². The van der Waals surface area contributed by atoms with Gasteiger partial charge in [0.25, 0.3) is 0 Å². The van der Waals surface area contributed by atoms with Crippen LogP contribution < -0.4 is 5.32 Å². The molecule has 21 heavy (non-hydrogen) atoms. The van der Waals surface area contributed by atoms with Crippen LogP contribution in [0.25, 0.3) is 6.08 Å². The van der Waals surface area contributed by atoms with E-state index >= 15 is 0 Å². The summed E-state index contributed by atoms with van der Waals surface area (Å²) >= 11 is 3.38. The smallest absolute Gasteiger partial charge is 0.305 e. The molecule has 0 atom stereocenters. The van der Waals surface area contributed by atoms with Gasteiger partial charge < -0.3 is 10.1 Å². The molecule has 114 valence electrons. The van der Waals surface area contributed by atoms with Gasteiger partial charge in [-0.3, -0.25) is 9.59 Å². The highest BCUT2D eigenvalue weighted by molar-refractivity contribution is 9.10. The van der Waals surface area contributed by atoms with Crippen LogP contribution in [-0.4, -0.2) is 25.5 Å². The zero-order valence-electron chi connectivity index (χ0n) is 12.1. The van der Waals surface area contributed by atoms with Gasteiger partial charge in [0.15, 0.2) is 0 Å². The maximum Gasteiger partial charge on any atom is 0.305 e. The summed E-state index contributed by atoms with van der Waals surface area (Å²) in [6.07, 6.45) is 6.27. The van der Waals surface area contributed by atoms with Crippen LogP contribution in [0.4, 0.5) is 0 Å². The quantitative estimate of drug-likeness (QED) is 0.443. The van der Waals surface area contributed by atoms with Crippen molar-refractivity contribution < 1.29 is 14.3 Å². The van der Waals surface area contributed by atoms with E-state index in [-0.39, 0.29) is 11.9 Å². The molecule has 0 fully saturated rings. The summed E-state index contributed by atoms with van der Waals surface area (Å²) < 4.78 is 5.54. The highest BCUT2D eigenvalue weighted by atomic mass is 79.9. The van der Waals surface area contributed by atoms with Gasteiger partial charge in [-0.2, -0.15) is 0 Å². The zero-order chi connectivity index (χ0) is 15.5. The predicted molar refractivity (Wildman–Crippen MR) is 86.7 cm³/mol. The number of ether oxygens (including phenoxy) is 1. The molecular formula is C16H20BrNO3. The van der Waals surface area contributed by atoms with E-state index in [1.807, 2.05) is 24.3 Å². The van der Waals surface area contributed by atoms with Crippen molar-refractivity contribution >= 4 is 33.9 Å². The fourth-order valence-electron chi connectivity index (χ4n) is 1.73. The van der Waals surface area contributed by atoms with Crippen molar-refractivity contribution in [2.75, 3.05) is 13.7 Å². The van der Waals surface area contributed by atoms with Crippen molar-refractivity contribution in [1.29, 1.82) is 0 Å². The summed E-state index contributed by atoms with van der Waals surface area (Å²) in [5.41, 5.74) is 0.970. The molecule has 0 saturated heterocycles. The first-order valence-corrected chi connectivity index (χ1v) is 7.69. The molecule has 1 rings (SSSR count). The van der Waals surface area contributed by atoms with Crippen LogP contribution in [-0.2, 0) is 14.3 Å². The first kappa shape index (κ1) is 17.4. The van der Waals surface area contributed by atoms with E-state index in [1.165, 1.54) is 13.2 Å². The van der Waals surface area contributed by atoms with Crippen LogP contribution in [0.1, 0.15) is 31.2 Å². The molecule has 0 heterocycles. The van der Waals surface area contributed by atoms with Crippen LogP contribution in [0.2, 0.25) is 0 Å². The number of carbonyl (C=O) groups excluding carboxylic acids is 2. The highest BCUT2D eigenvalue weighted by Gasteiger charge is 2.00. The zero-order valence-corrected chi connectivity index (χ0v) is 13.7. The third-order valence-corrected chi connectivity index (χ3v) is 3.35. The van der Waals surface area contributed by atoms with Gasteiger partial charge >= 0.3 is 5.97 Å². The summed E-state index contributed by atoms with van der Waals surface area (Å²) in [7, 11) is 1.39. The molecule has 0 saturated carbocycles. The van der Waals surface area contributed by atoms with Gasteiger partial charge in [-0.05, 0) is 36.6 Å². The lowest BCUT2D eigenvalue weighted by Gasteiger charge is -2.02. The largest absolute Gasteiger partial charge is 0.469 e. The Morgan fingerprint density at radius 3 is 2.81 bits per heavy atom. The number of nitrogens with one attached hydrogen (secondary N) is 1. The fourth-order valence-corrected chi connectivity index (χ4v) is 2.14. The molecule has 4 nitrogen and oxygen atoms in total. The second-order valence-electron chi connectivity index (χ2n) is 4.57. The SMILES string of the molecule is COC(=O)CCCCCNC(=O)/C=C/c1cccc(Br)c1. The third kappa shape index (κ3) is 8.30. The molecular weight excluding hydrogens is 334 g/mol. The molecule has 1 N–H and O–H groups in total. The number of halogens is 1. The number of benzene rings is 1. The monoisotopic (exact) mass is 353 g/mol. The van der Waals surface area contributed by atoms with Crippen LogP contribution in [0.3, 0.4) is 0 Å². The molecule has 0 aromatic heterocycles. The average molecular weight is 354 g/mol. The first-order valence-electron chi connectivity index (χ1n) is 6.90. The summed E-state index contributed by atoms with van der Waals surface area (Å²) in [5, 5.41) is 2.82. The Morgan fingerprint density at radius 2 is 2.10 bits per heavy atom. The lowest BCUT2D eigenvalue weighted by atomic mass is 10.2. The number of amides is 1. The van der Waals surface area contributed by atoms with Gasteiger partial charge in [-0.25, -0.2) is 0 Å². The molecule has 5 heteroatoms. The Kier molecular flexibility index (Phi) is 8.43. The molecule has 0 aliphatic carbocycles. The van der Waals surface area contributed by atoms with Crippen molar-refractivity contribution in [2.45, 2.75) is 25.7 Å². The number of rotatable bonds is 8. The first-order chi connectivity index (χ1) is 10.1. The van der Waals surface area contributed by atoms with Crippen LogP contribution in [0.5, 0.6) is 0 Å². The van der Waals surface area contributed by atoms with Gasteiger partial charge in [-0.1, -0.05) is 34.5 Å². The fraction of sp³-hybridized carbons (Fsp3) is 0.375. The Morgan fingerprint density at radius 1 is 1.29 bits per heavy atom. The Balaban J connectivity index is 2.15. The molecule has 1 aromatic rings. The number of unbranched alkanes of at least 4 members (excludes halogenated alkanes) is 2. The minimum atomic E-state index is -0.184. The molecule has 1 aromatic carbocycles. The second-order valence-corrected chi connectivity index (χ2v) is 5.48. The minimum Gasteiger partial charge on any atom is -0.469 e. The molecule has 0 radical (unpaired) electrons. The van der Waals surface area contributed by atoms with Crippen molar-refractivity contribution in [3.05, 3.63) is 40.4 Å². The standard InChI is InChI=1S/C16H20BrNO3/c1-21-16(20)8-3-2-4-11-18-15(19)10-9-13-6-5-7-14(17)12-13/h5-7,9-10,12H,2-4,8,11H2,1H3,(H,18,19)/b10-9+. The molecule has 0 unspecified atom stereocenters. The molecule has 0 bridgehead atoms. The van der Waals surface area contributed by atoms with Gasteiger partial charge in [-0.15, -0.1) is 0 Å². The number of hydrogen-bond acceptors (Lipinski definition) is 3. The molecule has 0 spiro atoms. The van der Waals surface area contributed by atoms with Gasteiger partial charge in [0, 0.05) is 23.5 Å². The van der Waals surface area contributed by atoms with E-state index in [1.54, 1.807) is 6.08 Å². The number of methoxy groups -OCH3 is 1. The second kappa shape index (κ2) is 10.2. The number of hydrogen-bond donors (Lipinski definition) is 1. The maximum absolute atomic E-state index is 11.6. The van der Waals surface area contributed by atoms with Crippen molar-refractivity contribution in [1.82, 2.24) is 5.32 Å². The van der Waals surface area contributed by atoms with Gasteiger partial charge in [0.05, 0.1) is 7.11 Å². The van der Waals surface area contributed by atoms with Gasteiger partial charge in [0.1, 0.15) is 0 Å². The minimum absolute atomic E-state index is 0.108. The normalized spacial score (nSPS) is 10.6. The number of carbonyl (C=O) groups is 2. The third-order valence-electron chi connectivity index (χ3n) is 2.86. The molecule has 1 amide bonds. The van der Waals surface area contributed by atoms with E-state index in [9.17, 15) is 9.59 Å². The van der Waals surface area contributed by atoms with E-state index in [2.05, 4.69) is 26.0 Å². The van der Waals surface area contributed by atoms with Crippen LogP contribution in [0, 0.1) is 0 Å².